The highest BCUT2D eigenvalue weighted by Gasteiger charge is 2.45. The van der Waals surface area contributed by atoms with Crippen LogP contribution >= 0.6 is 0 Å². The molecule has 0 unspecified atom stereocenters. The molecule has 2 rings (SSSR count). The molecule has 0 aliphatic heterocycles. The lowest BCUT2D eigenvalue weighted by molar-refractivity contribution is -0.144. The molecule has 1 N–H and O–H groups in total. The first-order valence-corrected chi connectivity index (χ1v) is 5.18. The molecule has 0 radical (unpaired) electrons. The summed E-state index contributed by atoms with van der Waals surface area (Å²) in [5.74, 6) is 0.357. The van der Waals surface area contributed by atoms with E-state index in [-0.39, 0.29) is 23.6 Å². The fourth-order valence-corrected chi connectivity index (χ4v) is 1.83. The van der Waals surface area contributed by atoms with Crippen LogP contribution in [-0.4, -0.2) is 17.7 Å². The molecular weight excluding hydrogens is 192 g/mol. The predicted molar refractivity (Wildman–Crippen MR) is 55.6 cm³/mol. The zero-order chi connectivity index (χ0) is 10.8. The molecule has 1 aromatic carbocycles. The molecule has 2 atom stereocenters. The van der Waals surface area contributed by atoms with Gasteiger partial charge >= 0.3 is 5.97 Å². The van der Waals surface area contributed by atoms with E-state index in [1.54, 1.807) is 18.2 Å². The first kappa shape index (κ1) is 10.0. The normalized spacial score (nSPS) is 23.5. The van der Waals surface area contributed by atoms with Gasteiger partial charge in [-0.05, 0) is 37.0 Å². The summed E-state index contributed by atoms with van der Waals surface area (Å²) in [4.78, 5) is 11.4. The molecular formula is C12H14O3. The number of aromatic hydroxyl groups is 1. The van der Waals surface area contributed by atoms with Crippen molar-refractivity contribution in [3.63, 3.8) is 0 Å². The molecule has 0 spiro atoms. The van der Waals surface area contributed by atoms with Crippen molar-refractivity contribution >= 4 is 5.97 Å². The van der Waals surface area contributed by atoms with Crippen LogP contribution in [0.15, 0.2) is 24.3 Å². The van der Waals surface area contributed by atoms with Gasteiger partial charge in [-0.25, -0.2) is 0 Å². The Hall–Kier alpha value is -1.51. The number of hydrogen-bond donors (Lipinski definition) is 1. The van der Waals surface area contributed by atoms with Crippen LogP contribution in [0.4, 0.5) is 0 Å². The summed E-state index contributed by atoms with van der Waals surface area (Å²) in [5.41, 5.74) is 1.02. The van der Waals surface area contributed by atoms with Gasteiger partial charge in [0.05, 0.1) is 12.5 Å². The lowest BCUT2D eigenvalue weighted by atomic mass is 10.1. The Labute approximate surface area is 88.7 Å². The summed E-state index contributed by atoms with van der Waals surface area (Å²) in [7, 11) is 0. The van der Waals surface area contributed by atoms with E-state index in [2.05, 4.69) is 0 Å². The molecule has 1 aromatic rings. The maximum Gasteiger partial charge on any atom is 0.309 e. The summed E-state index contributed by atoms with van der Waals surface area (Å²) in [6, 6.07) is 7.07. The van der Waals surface area contributed by atoms with Crippen LogP contribution in [0.2, 0.25) is 0 Å². The minimum absolute atomic E-state index is 0.00764. The zero-order valence-electron chi connectivity index (χ0n) is 8.64. The van der Waals surface area contributed by atoms with Crippen LogP contribution in [-0.2, 0) is 9.53 Å². The van der Waals surface area contributed by atoms with Crippen molar-refractivity contribution in [3.05, 3.63) is 29.8 Å². The number of esters is 1. The van der Waals surface area contributed by atoms with Crippen molar-refractivity contribution in [3.8, 4) is 5.75 Å². The number of rotatable bonds is 3. The van der Waals surface area contributed by atoms with Crippen molar-refractivity contribution in [1.82, 2.24) is 0 Å². The van der Waals surface area contributed by atoms with E-state index in [4.69, 9.17) is 4.74 Å². The highest BCUT2D eigenvalue weighted by Crippen LogP contribution is 2.48. The van der Waals surface area contributed by atoms with Crippen molar-refractivity contribution in [2.75, 3.05) is 6.61 Å². The lowest BCUT2D eigenvalue weighted by Gasteiger charge is -2.01. The van der Waals surface area contributed by atoms with Gasteiger partial charge < -0.3 is 9.84 Å². The first-order chi connectivity index (χ1) is 7.22. The van der Waals surface area contributed by atoms with Crippen LogP contribution in [0, 0.1) is 5.92 Å². The number of ether oxygens (including phenoxy) is 1. The molecule has 3 heteroatoms. The van der Waals surface area contributed by atoms with Crippen LogP contribution in [0.3, 0.4) is 0 Å². The Morgan fingerprint density at radius 3 is 3.07 bits per heavy atom. The molecule has 1 saturated carbocycles. The van der Waals surface area contributed by atoms with Crippen molar-refractivity contribution < 1.29 is 14.6 Å². The third-order valence-corrected chi connectivity index (χ3v) is 2.68. The van der Waals surface area contributed by atoms with E-state index in [0.29, 0.717) is 6.61 Å². The third kappa shape index (κ3) is 2.12. The monoisotopic (exact) mass is 206 g/mol. The Morgan fingerprint density at radius 2 is 2.40 bits per heavy atom. The topological polar surface area (TPSA) is 46.5 Å². The molecule has 0 bridgehead atoms. The molecule has 80 valence electrons. The average Bonchev–Trinajstić information content (AvgIpc) is 2.97. The minimum Gasteiger partial charge on any atom is -0.508 e. The van der Waals surface area contributed by atoms with Crippen LogP contribution < -0.4 is 0 Å². The molecule has 3 nitrogen and oxygen atoms in total. The Balaban J connectivity index is 2.01. The van der Waals surface area contributed by atoms with Crippen LogP contribution in [0.5, 0.6) is 5.75 Å². The number of phenols is 1. The quantitative estimate of drug-likeness (QED) is 0.770. The minimum atomic E-state index is -0.120. The molecule has 1 aliphatic rings. The molecule has 0 saturated heterocycles. The van der Waals surface area contributed by atoms with E-state index in [1.807, 2.05) is 13.0 Å². The van der Waals surface area contributed by atoms with Gasteiger partial charge in [0.2, 0.25) is 0 Å². The van der Waals surface area contributed by atoms with Gasteiger partial charge in [-0.15, -0.1) is 0 Å². The van der Waals surface area contributed by atoms with E-state index in [1.165, 1.54) is 0 Å². The second-order valence-electron chi connectivity index (χ2n) is 3.80. The van der Waals surface area contributed by atoms with E-state index < -0.39 is 0 Å². The number of benzene rings is 1. The second-order valence-corrected chi connectivity index (χ2v) is 3.80. The van der Waals surface area contributed by atoms with Gasteiger partial charge in [-0.3, -0.25) is 4.79 Å². The smallest absolute Gasteiger partial charge is 0.309 e. The Morgan fingerprint density at radius 1 is 1.60 bits per heavy atom. The van der Waals surface area contributed by atoms with Crippen molar-refractivity contribution in [2.45, 2.75) is 19.3 Å². The number of carbonyl (C=O) groups is 1. The van der Waals surface area contributed by atoms with Crippen molar-refractivity contribution in [2.24, 2.45) is 5.92 Å². The second kappa shape index (κ2) is 3.93. The van der Waals surface area contributed by atoms with E-state index in [9.17, 15) is 9.90 Å². The molecule has 1 aliphatic carbocycles. The average molecular weight is 206 g/mol. The number of hydrogen-bond acceptors (Lipinski definition) is 3. The summed E-state index contributed by atoms with van der Waals surface area (Å²) in [5, 5.41) is 9.30. The van der Waals surface area contributed by atoms with Gasteiger partial charge in [0.15, 0.2) is 0 Å². The SMILES string of the molecule is CCOC(=O)[C@H]1C[C@@H]1c1cccc(O)c1. The maximum atomic E-state index is 11.4. The predicted octanol–water partition coefficient (Wildman–Crippen LogP) is 2.06. The summed E-state index contributed by atoms with van der Waals surface area (Å²) in [6.45, 7) is 2.24. The van der Waals surface area contributed by atoms with Gasteiger partial charge in [0.25, 0.3) is 0 Å². The molecule has 0 amide bonds. The molecule has 1 fully saturated rings. The number of phenolic OH excluding ortho intramolecular Hbond substituents is 1. The standard InChI is InChI=1S/C12H14O3/c1-2-15-12(14)11-7-10(11)8-4-3-5-9(13)6-8/h3-6,10-11,13H,2,7H2,1H3/t10-,11+/m1/s1. The third-order valence-electron chi connectivity index (χ3n) is 2.68. The molecule has 15 heavy (non-hydrogen) atoms. The summed E-state index contributed by atoms with van der Waals surface area (Å²) in [6.07, 6.45) is 0.836. The van der Waals surface area contributed by atoms with E-state index in [0.717, 1.165) is 12.0 Å². The van der Waals surface area contributed by atoms with Crippen LogP contribution in [0.25, 0.3) is 0 Å². The number of carbonyl (C=O) groups excluding carboxylic acids is 1. The molecule has 0 heterocycles. The maximum absolute atomic E-state index is 11.4. The molecule has 0 aromatic heterocycles. The van der Waals surface area contributed by atoms with Gasteiger partial charge in [-0.1, -0.05) is 12.1 Å². The Kier molecular flexibility index (Phi) is 2.62. The van der Waals surface area contributed by atoms with Crippen LogP contribution in [0.1, 0.15) is 24.8 Å². The largest absolute Gasteiger partial charge is 0.508 e. The fourth-order valence-electron chi connectivity index (χ4n) is 1.83. The fraction of sp³-hybridized carbons (Fsp3) is 0.417. The van der Waals surface area contributed by atoms with E-state index >= 15 is 0 Å². The van der Waals surface area contributed by atoms with Gasteiger partial charge in [-0.2, -0.15) is 0 Å². The summed E-state index contributed by atoms with van der Waals surface area (Å²) >= 11 is 0. The van der Waals surface area contributed by atoms with Gasteiger partial charge in [0.1, 0.15) is 5.75 Å². The van der Waals surface area contributed by atoms with Crippen molar-refractivity contribution in [1.29, 1.82) is 0 Å². The van der Waals surface area contributed by atoms with Gasteiger partial charge in [0, 0.05) is 0 Å². The Bertz CT molecular complexity index is 373. The first-order valence-electron chi connectivity index (χ1n) is 5.18. The summed E-state index contributed by atoms with van der Waals surface area (Å²) < 4.78 is 4.95. The zero-order valence-corrected chi connectivity index (χ0v) is 8.64. The lowest BCUT2D eigenvalue weighted by Crippen LogP contribution is -2.07. The highest BCUT2D eigenvalue weighted by atomic mass is 16.5. The highest BCUT2D eigenvalue weighted by molar-refractivity contribution is 5.77.